The monoisotopic (exact) mass is 258 g/mol. The van der Waals surface area contributed by atoms with E-state index in [1.54, 1.807) is 0 Å². The van der Waals surface area contributed by atoms with Crippen molar-refractivity contribution in [2.75, 3.05) is 12.9 Å². The van der Waals surface area contributed by atoms with Crippen molar-refractivity contribution in [3.05, 3.63) is 35.9 Å². The number of benzene rings is 1. The second-order valence-corrected chi connectivity index (χ2v) is 5.07. The Hall–Kier alpha value is -1.40. The molecule has 1 aromatic carbocycles. The van der Waals surface area contributed by atoms with Crippen LogP contribution in [0.3, 0.4) is 0 Å². The first-order chi connectivity index (χ1) is 7.97. The van der Waals surface area contributed by atoms with E-state index in [9.17, 15) is 13.2 Å². The minimum Gasteiger partial charge on any atom is -0.461 e. The normalized spacial score (nSPS) is 11.1. The Kier molecular flexibility index (Phi) is 5.11. The third-order valence-corrected chi connectivity index (χ3v) is 2.44. The van der Waals surface area contributed by atoms with Crippen molar-refractivity contribution in [1.82, 2.24) is 0 Å². The van der Waals surface area contributed by atoms with E-state index in [1.165, 1.54) is 0 Å². The lowest BCUT2D eigenvalue weighted by Gasteiger charge is -2.04. The average molecular weight is 258 g/mol. The molecule has 17 heavy (non-hydrogen) atoms. The van der Waals surface area contributed by atoms with Gasteiger partial charge in [0.2, 0.25) is 0 Å². The number of hydrogen-bond donors (Lipinski definition) is 0. The average Bonchev–Trinajstić information content (AvgIpc) is 2.26. The van der Waals surface area contributed by atoms with Crippen LogP contribution in [0, 0.1) is 0 Å². The van der Waals surface area contributed by atoms with Crippen LogP contribution in [0.25, 0.3) is 0 Å². The highest BCUT2D eigenvalue weighted by molar-refractivity contribution is 7.85. The van der Waals surface area contributed by atoms with Crippen LogP contribution in [0.15, 0.2) is 30.3 Å². The lowest BCUT2D eigenvalue weighted by molar-refractivity contribution is -0.145. The molecule has 0 saturated heterocycles. The maximum absolute atomic E-state index is 11.2. The predicted octanol–water partition coefficient (Wildman–Crippen LogP) is 1.10. The second-order valence-electron chi connectivity index (χ2n) is 3.42. The Morgan fingerprint density at radius 2 is 1.88 bits per heavy atom. The van der Waals surface area contributed by atoms with Gasteiger partial charge in [0, 0.05) is 0 Å². The van der Waals surface area contributed by atoms with Gasteiger partial charge in [0.05, 0.1) is 19.3 Å². The molecule has 0 spiro atoms. The van der Waals surface area contributed by atoms with Gasteiger partial charge in [0.25, 0.3) is 10.1 Å². The van der Waals surface area contributed by atoms with Crippen molar-refractivity contribution in [1.29, 1.82) is 0 Å². The van der Waals surface area contributed by atoms with Gasteiger partial charge in [-0.2, -0.15) is 8.42 Å². The number of hydrogen-bond acceptors (Lipinski definition) is 5. The number of esters is 1. The number of carbonyl (C=O) groups excluding carboxylic acids is 1. The molecule has 0 bridgehead atoms. The molecule has 5 nitrogen and oxygen atoms in total. The summed E-state index contributed by atoms with van der Waals surface area (Å²) in [6.07, 6.45) is 0.849. The van der Waals surface area contributed by atoms with Crippen LogP contribution in [-0.2, 0) is 30.4 Å². The zero-order valence-corrected chi connectivity index (χ0v) is 10.3. The summed E-state index contributed by atoms with van der Waals surface area (Å²) in [4.78, 5) is 11.2. The van der Waals surface area contributed by atoms with Crippen LogP contribution in [0.5, 0.6) is 0 Å². The molecule has 0 heterocycles. The molecule has 0 saturated carbocycles. The molecule has 0 aliphatic carbocycles. The quantitative estimate of drug-likeness (QED) is 0.564. The van der Waals surface area contributed by atoms with Gasteiger partial charge in [0.15, 0.2) is 0 Å². The second kappa shape index (κ2) is 6.36. The highest BCUT2D eigenvalue weighted by Crippen LogP contribution is 2.02. The molecule has 0 aliphatic heterocycles. The molecule has 94 valence electrons. The molecule has 0 unspecified atom stereocenters. The Bertz CT molecular complexity index is 452. The first-order valence-corrected chi connectivity index (χ1v) is 6.83. The van der Waals surface area contributed by atoms with Gasteiger partial charge in [0.1, 0.15) is 6.61 Å². The minimum atomic E-state index is -3.49. The molecule has 6 heteroatoms. The minimum absolute atomic E-state index is 0.0834. The van der Waals surface area contributed by atoms with E-state index in [-0.39, 0.29) is 19.6 Å². The summed E-state index contributed by atoms with van der Waals surface area (Å²) < 4.78 is 30.6. The van der Waals surface area contributed by atoms with Gasteiger partial charge in [-0.15, -0.1) is 0 Å². The fraction of sp³-hybridized carbons (Fsp3) is 0.364. The zero-order valence-electron chi connectivity index (χ0n) is 9.46. The first-order valence-electron chi connectivity index (χ1n) is 5.01. The van der Waals surface area contributed by atoms with Crippen LogP contribution in [0.4, 0.5) is 0 Å². The van der Waals surface area contributed by atoms with Crippen LogP contribution in [-0.4, -0.2) is 27.2 Å². The van der Waals surface area contributed by atoms with Crippen molar-refractivity contribution < 1.29 is 22.1 Å². The molecule has 0 N–H and O–H groups in total. The molecule has 1 aromatic rings. The Morgan fingerprint density at radius 3 is 2.47 bits per heavy atom. The lowest BCUT2D eigenvalue weighted by atomic mass is 10.2. The van der Waals surface area contributed by atoms with Crippen molar-refractivity contribution in [3.8, 4) is 0 Å². The van der Waals surface area contributed by atoms with E-state index in [0.29, 0.717) is 0 Å². The lowest BCUT2D eigenvalue weighted by Crippen LogP contribution is -2.11. The Balaban J connectivity index is 2.22. The third-order valence-electron chi connectivity index (χ3n) is 1.85. The number of ether oxygens (including phenoxy) is 1. The molecular formula is C11H14O5S. The van der Waals surface area contributed by atoms with Crippen molar-refractivity contribution in [3.63, 3.8) is 0 Å². The highest BCUT2D eigenvalue weighted by Gasteiger charge is 2.07. The van der Waals surface area contributed by atoms with E-state index in [2.05, 4.69) is 4.18 Å². The molecule has 1 rings (SSSR count). The summed E-state index contributed by atoms with van der Waals surface area (Å²) in [5.41, 5.74) is 0.880. The van der Waals surface area contributed by atoms with E-state index >= 15 is 0 Å². The molecule has 0 aliphatic rings. The maximum Gasteiger partial charge on any atom is 0.308 e. The summed E-state index contributed by atoms with van der Waals surface area (Å²) in [6.45, 7) is -0.00892. The predicted molar refractivity (Wildman–Crippen MR) is 61.7 cm³/mol. The first kappa shape index (κ1) is 13.7. The van der Waals surface area contributed by atoms with Crippen LogP contribution in [0.2, 0.25) is 0 Å². The van der Waals surface area contributed by atoms with E-state index in [1.807, 2.05) is 30.3 Å². The van der Waals surface area contributed by atoms with Gasteiger partial charge in [-0.3, -0.25) is 8.98 Å². The Morgan fingerprint density at radius 1 is 1.24 bits per heavy atom. The smallest absolute Gasteiger partial charge is 0.308 e. The van der Waals surface area contributed by atoms with E-state index in [0.717, 1.165) is 11.8 Å². The van der Waals surface area contributed by atoms with Gasteiger partial charge in [-0.25, -0.2) is 0 Å². The standard InChI is InChI=1S/C11H14O5S/c1-17(13,14)16-8-7-11(12)15-9-10-5-3-2-4-6-10/h2-6H,7-9H2,1H3. The van der Waals surface area contributed by atoms with Crippen LogP contribution in [0.1, 0.15) is 12.0 Å². The summed E-state index contributed by atoms with van der Waals surface area (Å²) in [7, 11) is -3.49. The summed E-state index contributed by atoms with van der Waals surface area (Å²) in [5, 5.41) is 0. The molecule has 0 radical (unpaired) electrons. The number of rotatable bonds is 6. The largest absolute Gasteiger partial charge is 0.461 e. The summed E-state index contributed by atoms with van der Waals surface area (Å²) in [5.74, 6) is -0.488. The maximum atomic E-state index is 11.2. The Labute approximate surface area is 100 Å². The molecule has 0 fully saturated rings. The third kappa shape index (κ3) is 6.70. The highest BCUT2D eigenvalue weighted by atomic mass is 32.2. The molecular weight excluding hydrogens is 244 g/mol. The fourth-order valence-corrected chi connectivity index (χ4v) is 1.47. The van der Waals surface area contributed by atoms with E-state index < -0.39 is 16.1 Å². The topological polar surface area (TPSA) is 69.7 Å². The zero-order chi connectivity index (χ0) is 12.7. The van der Waals surface area contributed by atoms with Gasteiger partial charge >= 0.3 is 5.97 Å². The van der Waals surface area contributed by atoms with Gasteiger partial charge in [-0.1, -0.05) is 30.3 Å². The number of carbonyl (C=O) groups is 1. The van der Waals surface area contributed by atoms with Crippen molar-refractivity contribution in [2.24, 2.45) is 0 Å². The van der Waals surface area contributed by atoms with Gasteiger partial charge in [-0.05, 0) is 5.56 Å². The SMILES string of the molecule is CS(=O)(=O)OCCC(=O)OCc1ccccc1. The van der Waals surface area contributed by atoms with Crippen molar-refractivity contribution >= 4 is 16.1 Å². The van der Waals surface area contributed by atoms with Crippen molar-refractivity contribution in [2.45, 2.75) is 13.0 Å². The van der Waals surface area contributed by atoms with Crippen LogP contribution < -0.4 is 0 Å². The molecule has 0 atom stereocenters. The fourth-order valence-electron chi connectivity index (χ4n) is 1.09. The molecule has 0 amide bonds. The summed E-state index contributed by atoms with van der Waals surface area (Å²) in [6, 6.07) is 9.22. The summed E-state index contributed by atoms with van der Waals surface area (Å²) >= 11 is 0. The molecule has 0 aromatic heterocycles. The van der Waals surface area contributed by atoms with Crippen LogP contribution >= 0.6 is 0 Å². The van der Waals surface area contributed by atoms with Gasteiger partial charge < -0.3 is 4.74 Å². The van der Waals surface area contributed by atoms with E-state index in [4.69, 9.17) is 4.74 Å².